The SMILES string of the molecule is CC(C)C1=C2C3CCC4C(C)(CCC5C(C)(C)C(OC(=O)CC(C)(C)C(=O)O)CCC54C)C3CCC2(C(O)CN(C)C(=O)c2ccccc2)CC1=O. The first-order valence-corrected chi connectivity index (χ1v) is 19.9. The van der Waals surface area contributed by atoms with E-state index in [0.717, 1.165) is 56.9 Å². The Balaban J connectivity index is 1.25. The smallest absolute Gasteiger partial charge is 0.309 e. The summed E-state index contributed by atoms with van der Waals surface area (Å²) in [5.74, 6) is 0.149. The fraction of sp³-hybridized carbons (Fsp3) is 0.727. The van der Waals surface area contributed by atoms with Crippen molar-refractivity contribution in [3.63, 3.8) is 0 Å². The Hall–Kier alpha value is -3.00. The monoisotopic (exact) mass is 717 g/mol. The number of carboxylic acids is 1. The van der Waals surface area contributed by atoms with Gasteiger partial charge in [0, 0.05) is 36.4 Å². The van der Waals surface area contributed by atoms with E-state index >= 15 is 0 Å². The van der Waals surface area contributed by atoms with E-state index in [0.29, 0.717) is 29.7 Å². The van der Waals surface area contributed by atoms with Crippen molar-refractivity contribution >= 4 is 23.6 Å². The van der Waals surface area contributed by atoms with Crippen LogP contribution in [0.5, 0.6) is 0 Å². The number of ether oxygens (including phenoxy) is 1. The highest BCUT2D eigenvalue weighted by Crippen LogP contribution is 2.73. The van der Waals surface area contributed by atoms with Crippen LogP contribution in [0.2, 0.25) is 0 Å². The number of ketones is 1. The van der Waals surface area contributed by atoms with Gasteiger partial charge in [-0.1, -0.05) is 65.3 Å². The molecule has 0 bridgehead atoms. The second-order valence-electron chi connectivity index (χ2n) is 19.5. The molecule has 2 N–H and O–H groups in total. The molecule has 0 aromatic heterocycles. The first-order chi connectivity index (χ1) is 24.2. The highest BCUT2D eigenvalue weighted by atomic mass is 16.5. The molecule has 8 heteroatoms. The van der Waals surface area contributed by atoms with E-state index < -0.39 is 28.9 Å². The second-order valence-corrected chi connectivity index (χ2v) is 19.5. The fourth-order valence-corrected chi connectivity index (χ4v) is 12.9. The number of benzene rings is 1. The molecule has 5 aliphatic rings. The molecular weight excluding hydrogens is 654 g/mol. The minimum atomic E-state index is -1.17. The zero-order valence-electron chi connectivity index (χ0n) is 33.1. The average molecular weight is 718 g/mol. The summed E-state index contributed by atoms with van der Waals surface area (Å²) in [5, 5.41) is 21.8. The number of aliphatic hydroxyl groups excluding tert-OH is 1. The van der Waals surface area contributed by atoms with E-state index in [2.05, 4.69) is 41.5 Å². The number of aliphatic hydroxyl groups is 1. The summed E-state index contributed by atoms with van der Waals surface area (Å²) in [5.41, 5.74) is 0.782. The van der Waals surface area contributed by atoms with Crippen LogP contribution in [0.1, 0.15) is 130 Å². The topological polar surface area (TPSA) is 121 Å². The first-order valence-electron chi connectivity index (χ1n) is 19.9. The van der Waals surface area contributed by atoms with Crippen molar-refractivity contribution < 1.29 is 34.1 Å². The van der Waals surface area contributed by atoms with Gasteiger partial charge in [-0.15, -0.1) is 0 Å². The maximum Gasteiger partial charge on any atom is 0.309 e. The molecule has 1 amide bonds. The number of rotatable bonds is 9. The Labute approximate surface area is 311 Å². The van der Waals surface area contributed by atoms with Crippen LogP contribution in [0.3, 0.4) is 0 Å². The number of allylic oxidation sites excluding steroid dienone is 1. The average Bonchev–Trinajstić information content (AvgIpc) is 3.39. The highest BCUT2D eigenvalue weighted by molar-refractivity contribution is 6.01. The summed E-state index contributed by atoms with van der Waals surface area (Å²) < 4.78 is 6.14. The zero-order valence-corrected chi connectivity index (χ0v) is 33.1. The molecule has 0 spiro atoms. The number of aliphatic carboxylic acids is 1. The summed E-state index contributed by atoms with van der Waals surface area (Å²) in [6.45, 7) is 17.1. The lowest BCUT2D eigenvalue weighted by Crippen LogP contribution is -2.63. The van der Waals surface area contributed by atoms with Crippen molar-refractivity contribution in [1.29, 1.82) is 0 Å². The molecule has 9 unspecified atom stereocenters. The Kier molecular flexibility index (Phi) is 9.97. The van der Waals surface area contributed by atoms with Crippen LogP contribution < -0.4 is 0 Å². The number of carbonyl (C=O) groups is 4. The standard InChI is InChI=1S/C44H63NO7/c1-26(2)36-30(46)23-44(33(47)25-45(9)38(49)27-13-11-10-12-14-27)22-17-29-28(37(36)44)15-16-32-42(29,7)20-18-31-41(5,6)34(19-21-43(31,32)8)52-35(48)24-40(3,4)39(50)51/h10-14,26,28-29,31-34,47H,15-25H2,1-9H3,(H,50,51). The van der Waals surface area contributed by atoms with Crippen LogP contribution >= 0.6 is 0 Å². The van der Waals surface area contributed by atoms with Crippen molar-refractivity contribution in [2.45, 2.75) is 132 Å². The lowest BCUT2D eigenvalue weighted by molar-refractivity contribution is -0.214. The molecule has 9 atom stereocenters. The van der Waals surface area contributed by atoms with Crippen molar-refractivity contribution in [2.24, 2.45) is 56.7 Å². The first kappa shape index (κ1) is 38.7. The summed E-state index contributed by atoms with van der Waals surface area (Å²) >= 11 is 0. The lowest BCUT2D eigenvalue weighted by Gasteiger charge is -2.69. The van der Waals surface area contributed by atoms with E-state index in [9.17, 15) is 29.4 Å². The molecule has 1 aromatic carbocycles. The van der Waals surface area contributed by atoms with Crippen LogP contribution in [-0.4, -0.2) is 64.5 Å². The fourth-order valence-electron chi connectivity index (χ4n) is 12.9. The maximum absolute atomic E-state index is 14.0. The van der Waals surface area contributed by atoms with Crippen LogP contribution in [0.15, 0.2) is 41.5 Å². The molecule has 0 heterocycles. The van der Waals surface area contributed by atoms with Crippen LogP contribution in [0.4, 0.5) is 0 Å². The molecule has 8 nitrogen and oxygen atoms in total. The second kappa shape index (κ2) is 13.4. The summed E-state index contributed by atoms with van der Waals surface area (Å²) in [7, 11) is 1.75. The van der Waals surface area contributed by atoms with Crippen LogP contribution in [-0.2, 0) is 19.1 Å². The molecule has 4 saturated carbocycles. The molecule has 286 valence electrons. The number of likely N-dealkylation sites (N-methyl/N-ethyl adjacent to an activating group) is 1. The predicted molar refractivity (Wildman–Crippen MR) is 200 cm³/mol. The van der Waals surface area contributed by atoms with Crippen molar-refractivity contribution in [1.82, 2.24) is 4.90 Å². The van der Waals surface area contributed by atoms with Gasteiger partial charge < -0.3 is 19.8 Å². The molecule has 0 saturated heterocycles. The van der Waals surface area contributed by atoms with Gasteiger partial charge in [0.25, 0.3) is 5.91 Å². The Morgan fingerprint density at radius 1 is 0.923 bits per heavy atom. The Bertz CT molecular complexity index is 1630. The van der Waals surface area contributed by atoms with Gasteiger partial charge >= 0.3 is 11.9 Å². The van der Waals surface area contributed by atoms with E-state index in [1.54, 1.807) is 37.9 Å². The quantitative estimate of drug-likeness (QED) is 0.248. The number of carbonyl (C=O) groups excluding carboxylic acids is 3. The Morgan fingerprint density at radius 3 is 2.21 bits per heavy atom. The maximum atomic E-state index is 14.0. The minimum Gasteiger partial charge on any atom is -0.481 e. The predicted octanol–water partition coefficient (Wildman–Crippen LogP) is 8.12. The van der Waals surface area contributed by atoms with E-state index in [4.69, 9.17) is 4.74 Å². The molecule has 4 fully saturated rings. The van der Waals surface area contributed by atoms with Crippen molar-refractivity contribution in [2.75, 3.05) is 13.6 Å². The van der Waals surface area contributed by atoms with Gasteiger partial charge in [-0.2, -0.15) is 0 Å². The third-order valence-corrected chi connectivity index (χ3v) is 15.5. The molecule has 6 rings (SSSR count). The van der Waals surface area contributed by atoms with E-state index in [-0.39, 0.29) is 58.8 Å². The Morgan fingerprint density at radius 2 is 1.58 bits per heavy atom. The van der Waals surface area contributed by atoms with Crippen molar-refractivity contribution in [3.05, 3.63) is 47.0 Å². The third kappa shape index (κ3) is 6.07. The number of carboxylic acid groups (broad SMARTS) is 1. The van der Waals surface area contributed by atoms with Gasteiger partial charge in [-0.05, 0) is 123 Å². The number of nitrogens with zero attached hydrogens (tertiary/aromatic N) is 1. The van der Waals surface area contributed by atoms with E-state index in [1.165, 1.54) is 5.57 Å². The summed E-state index contributed by atoms with van der Waals surface area (Å²) in [6.07, 6.45) is 6.66. The normalized spacial score (nSPS) is 35.9. The van der Waals surface area contributed by atoms with Gasteiger partial charge in [0.05, 0.1) is 17.9 Å². The lowest BCUT2D eigenvalue weighted by atomic mass is 9.36. The minimum absolute atomic E-state index is 0.0556. The van der Waals surface area contributed by atoms with Gasteiger partial charge in [0.1, 0.15) is 6.10 Å². The van der Waals surface area contributed by atoms with Gasteiger partial charge in [0.2, 0.25) is 0 Å². The largest absolute Gasteiger partial charge is 0.481 e. The molecular formula is C44H63NO7. The van der Waals surface area contributed by atoms with Gasteiger partial charge in [-0.3, -0.25) is 19.2 Å². The highest BCUT2D eigenvalue weighted by Gasteiger charge is 2.67. The number of hydrogen-bond acceptors (Lipinski definition) is 6. The van der Waals surface area contributed by atoms with Crippen molar-refractivity contribution in [3.8, 4) is 0 Å². The molecule has 5 aliphatic carbocycles. The number of esters is 1. The molecule has 1 aromatic rings. The molecule has 0 radical (unpaired) electrons. The summed E-state index contributed by atoms with van der Waals surface area (Å²) in [6, 6.07) is 9.18. The zero-order chi connectivity index (χ0) is 38.2. The number of amides is 1. The molecule has 0 aliphatic heterocycles. The van der Waals surface area contributed by atoms with Gasteiger partial charge in [0.15, 0.2) is 5.78 Å². The summed E-state index contributed by atoms with van der Waals surface area (Å²) in [4.78, 5) is 53.7. The van der Waals surface area contributed by atoms with Crippen LogP contribution in [0, 0.1) is 56.7 Å². The molecule has 52 heavy (non-hydrogen) atoms. The number of hydrogen-bond donors (Lipinski definition) is 2. The number of fused-ring (bicyclic) bond motifs is 7. The van der Waals surface area contributed by atoms with Crippen LogP contribution in [0.25, 0.3) is 0 Å². The van der Waals surface area contributed by atoms with Gasteiger partial charge in [-0.25, -0.2) is 0 Å². The van der Waals surface area contributed by atoms with E-state index in [1.807, 2.05) is 18.2 Å². The number of Topliss-reactive ketones (excluding diaryl/α,β-unsaturated/α-hetero) is 1. The third-order valence-electron chi connectivity index (χ3n) is 15.5.